The predicted molar refractivity (Wildman–Crippen MR) is 149 cm³/mol. The summed E-state index contributed by atoms with van der Waals surface area (Å²) in [5, 5.41) is 18.8. The van der Waals surface area contributed by atoms with E-state index in [0.717, 1.165) is 12.7 Å². The molecule has 0 aliphatic carbocycles. The molecule has 0 unspecified atom stereocenters. The van der Waals surface area contributed by atoms with Gasteiger partial charge in [-0.25, -0.2) is 0 Å². The molecule has 15 heteroatoms. The summed E-state index contributed by atoms with van der Waals surface area (Å²) in [6, 6.07) is 6.34. The fourth-order valence-corrected chi connectivity index (χ4v) is 5.72. The number of rotatable bonds is 5. The molecule has 2 aromatic carbocycles. The van der Waals surface area contributed by atoms with E-state index in [0.29, 0.717) is 18.6 Å². The largest absolute Gasteiger partial charge is 0.506 e. The van der Waals surface area contributed by atoms with Crippen LogP contribution in [0.5, 0.6) is 17.2 Å². The fraction of sp³-hybridized carbons (Fsp3) is 0.133. The molecule has 0 aliphatic heterocycles. The Balaban J connectivity index is -0.000000347. The number of benzene rings is 2. The third-order valence-corrected chi connectivity index (χ3v) is 6.29. The van der Waals surface area contributed by atoms with Gasteiger partial charge in [-0.1, -0.05) is 0 Å². The molecule has 2 aromatic rings. The maximum atomic E-state index is 10.9. The van der Waals surface area contributed by atoms with Gasteiger partial charge >= 0.3 is 5.97 Å². The summed E-state index contributed by atoms with van der Waals surface area (Å²) in [5.74, 6) is 0.549. The van der Waals surface area contributed by atoms with Crippen molar-refractivity contribution < 1.29 is 47.1 Å². The number of phenols is 1. The average molecular weight is 890 g/mol. The Hall–Kier alpha value is 1.19. The van der Waals surface area contributed by atoms with Gasteiger partial charge in [0.1, 0.15) is 17.5 Å². The van der Waals surface area contributed by atoms with Crippen LogP contribution >= 0.6 is 90.4 Å². The van der Waals surface area contributed by atoms with E-state index >= 15 is 0 Å². The molecule has 169 valence electrons. The van der Waals surface area contributed by atoms with Gasteiger partial charge in [0, 0.05) is 29.6 Å². The van der Waals surface area contributed by atoms with Crippen molar-refractivity contribution in [2.24, 2.45) is 5.73 Å². The Morgan fingerprint density at radius 1 is 0.900 bits per heavy atom. The molecule has 2 rings (SSSR count). The van der Waals surface area contributed by atoms with Gasteiger partial charge in [-0.2, -0.15) is 0 Å². The number of carboxylic acids is 1. The molecule has 1 radical (unpaired) electrons. The van der Waals surface area contributed by atoms with E-state index in [2.05, 4.69) is 90.4 Å². The van der Waals surface area contributed by atoms with Crippen LogP contribution in [0.3, 0.4) is 0 Å². The van der Waals surface area contributed by atoms with Crippen molar-refractivity contribution in [3.05, 3.63) is 44.1 Å². The van der Waals surface area contributed by atoms with E-state index in [4.69, 9.17) is 15.6 Å². The van der Waals surface area contributed by atoms with E-state index in [1.165, 1.54) is 0 Å². The number of hydrogen-bond acceptors (Lipinski definition) is 4. The third kappa shape index (κ3) is 11.4. The SMILES string of the molecule is N[C@@H](Cc1cc(I)c(Oc2cc(I)c(O)c(I)c2)c(I)c1)C(=O)O.O.O.O.O.O.[Na]. The van der Waals surface area contributed by atoms with E-state index < -0.39 is 12.0 Å². The van der Waals surface area contributed by atoms with Gasteiger partial charge < -0.3 is 48.1 Å². The number of carboxylic acid groups (broad SMARTS) is 1. The average Bonchev–Trinajstić information content (AvgIpc) is 2.48. The number of phenolic OH excluding ortho intramolecular Hbond substituents is 1. The molecule has 10 nitrogen and oxygen atoms in total. The minimum absolute atomic E-state index is 0. The molecule has 14 N–H and O–H groups in total. The van der Waals surface area contributed by atoms with Gasteiger partial charge in [0.25, 0.3) is 0 Å². The van der Waals surface area contributed by atoms with Crippen molar-refractivity contribution in [3.8, 4) is 17.2 Å². The standard InChI is InChI=1S/C15H11I4NO4.Na.5H2O/c16-8-4-7(5-9(17)13(8)21)24-14-10(18)1-6(2-11(14)19)3-12(20)15(22)23;;;;;;/h1-2,4-5,12,21H,3,20H2,(H,22,23);;5*1H2/t12-;;;;;;/m0....../s1. The zero-order valence-corrected chi connectivity index (χ0v) is 26.0. The molecule has 30 heavy (non-hydrogen) atoms. The minimum atomic E-state index is -1.02. The monoisotopic (exact) mass is 890 g/mol. The Bertz CT molecular complexity index is 768. The summed E-state index contributed by atoms with van der Waals surface area (Å²) in [4.78, 5) is 10.9. The van der Waals surface area contributed by atoms with E-state index in [1.807, 2.05) is 12.1 Å². The zero-order valence-electron chi connectivity index (χ0n) is 15.4. The smallest absolute Gasteiger partial charge is 0.320 e. The molecular weight excluding hydrogens is 869 g/mol. The third-order valence-electron chi connectivity index (χ3n) is 3.04. The Kier molecular flexibility index (Phi) is 25.7. The summed E-state index contributed by atoms with van der Waals surface area (Å²) < 4.78 is 9.14. The molecule has 0 spiro atoms. The Morgan fingerprint density at radius 2 is 1.30 bits per heavy atom. The molecule has 0 saturated carbocycles. The second-order valence-corrected chi connectivity index (χ2v) is 9.52. The number of aromatic hydroxyl groups is 1. The second kappa shape index (κ2) is 18.6. The minimum Gasteiger partial charge on any atom is -0.506 e. The summed E-state index contributed by atoms with van der Waals surface area (Å²) in [6.45, 7) is 0. The van der Waals surface area contributed by atoms with Crippen molar-refractivity contribution in [2.75, 3.05) is 0 Å². The first-order valence-electron chi connectivity index (χ1n) is 6.51. The van der Waals surface area contributed by atoms with Gasteiger partial charge in [0.15, 0.2) is 5.75 Å². The van der Waals surface area contributed by atoms with Crippen LogP contribution in [0.15, 0.2) is 24.3 Å². The summed E-state index contributed by atoms with van der Waals surface area (Å²) in [6.07, 6.45) is 0.261. The number of carbonyl (C=O) groups is 1. The van der Waals surface area contributed by atoms with Crippen LogP contribution in [-0.4, -0.2) is 79.2 Å². The normalized spacial score (nSPS) is 9.63. The Labute approximate surface area is 249 Å². The van der Waals surface area contributed by atoms with Crippen molar-refractivity contribution in [1.29, 1.82) is 0 Å². The number of hydrogen-bond donors (Lipinski definition) is 3. The summed E-state index contributed by atoms with van der Waals surface area (Å²) in [5.41, 5.74) is 6.44. The molecule has 0 fully saturated rings. The molecule has 1 atom stereocenters. The molecule has 0 aromatic heterocycles. The molecule has 0 saturated heterocycles. The quantitative estimate of drug-likeness (QED) is 0.278. The molecule has 0 aliphatic rings. The fourth-order valence-electron chi connectivity index (χ4n) is 1.89. The summed E-state index contributed by atoms with van der Waals surface area (Å²) >= 11 is 8.42. The molecule has 0 heterocycles. The predicted octanol–water partition coefficient (Wildman–Crippen LogP) is 0.0530. The molecule has 0 amide bonds. The van der Waals surface area contributed by atoms with Crippen molar-refractivity contribution in [1.82, 2.24) is 0 Å². The van der Waals surface area contributed by atoms with Gasteiger partial charge in [-0.15, -0.1) is 0 Å². The maximum absolute atomic E-state index is 10.9. The molecule has 0 bridgehead atoms. The van der Waals surface area contributed by atoms with Crippen molar-refractivity contribution >= 4 is 126 Å². The van der Waals surface area contributed by atoms with Crippen molar-refractivity contribution in [2.45, 2.75) is 12.5 Å². The van der Waals surface area contributed by atoms with E-state index in [9.17, 15) is 9.90 Å². The summed E-state index contributed by atoms with van der Waals surface area (Å²) in [7, 11) is 0. The second-order valence-electron chi connectivity index (χ2n) is 4.88. The van der Waals surface area contributed by atoms with Crippen LogP contribution < -0.4 is 10.5 Å². The van der Waals surface area contributed by atoms with Crippen LogP contribution in [0.25, 0.3) is 0 Å². The van der Waals surface area contributed by atoms with E-state index in [-0.39, 0.29) is 69.1 Å². The van der Waals surface area contributed by atoms with E-state index in [1.54, 1.807) is 12.1 Å². The number of nitrogens with two attached hydrogens (primary N) is 1. The van der Waals surface area contributed by atoms with Gasteiger partial charge in [0.2, 0.25) is 0 Å². The van der Waals surface area contributed by atoms with Crippen LogP contribution in [-0.2, 0) is 11.2 Å². The first-order chi connectivity index (χ1) is 11.2. The van der Waals surface area contributed by atoms with Gasteiger partial charge in [-0.3, -0.25) is 4.79 Å². The topological polar surface area (TPSA) is 250 Å². The maximum Gasteiger partial charge on any atom is 0.320 e. The Morgan fingerprint density at radius 3 is 1.67 bits per heavy atom. The number of aliphatic carboxylic acids is 1. The van der Waals surface area contributed by atoms with Gasteiger partial charge in [0.05, 0.1) is 14.3 Å². The number of halogens is 4. The first kappa shape index (κ1) is 41.4. The van der Waals surface area contributed by atoms with Crippen molar-refractivity contribution in [3.63, 3.8) is 0 Å². The van der Waals surface area contributed by atoms with Crippen LogP contribution in [0, 0.1) is 14.3 Å². The molecular formula is C15H21I4NNaO9. The van der Waals surface area contributed by atoms with Crippen LogP contribution in [0.4, 0.5) is 0 Å². The van der Waals surface area contributed by atoms with Crippen LogP contribution in [0.2, 0.25) is 0 Å². The first-order valence-corrected chi connectivity index (χ1v) is 10.8. The van der Waals surface area contributed by atoms with Gasteiger partial charge in [-0.05, 0) is 127 Å². The number of ether oxygens (including phenoxy) is 1. The van der Waals surface area contributed by atoms with Crippen LogP contribution in [0.1, 0.15) is 5.56 Å². The zero-order chi connectivity index (χ0) is 18.0.